The fourth-order valence-corrected chi connectivity index (χ4v) is 9.64. The highest BCUT2D eigenvalue weighted by Gasteiger charge is 2.59. The minimum atomic E-state index is -0.304. The average molecular weight is 560 g/mol. The zero-order chi connectivity index (χ0) is 28.8. The number of fused-ring (bicyclic) bond motifs is 5. The van der Waals surface area contributed by atoms with E-state index < -0.39 is 0 Å². The van der Waals surface area contributed by atoms with E-state index in [0.29, 0.717) is 31.8 Å². The molecular formula is C35H61NO4. The molecule has 0 spiro atoms. The van der Waals surface area contributed by atoms with Crippen LogP contribution in [0.5, 0.6) is 0 Å². The topological polar surface area (TPSA) is 56.8 Å². The lowest BCUT2D eigenvalue weighted by atomic mass is 9.47. The summed E-state index contributed by atoms with van der Waals surface area (Å²) in [6.45, 7) is 17.5. The van der Waals surface area contributed by atoms with Gasteiger partial charge in [0.1, 0.15) is 6.10 Å². The van der Waals surface area contributed by atoms with Crippen molar-refractivity contribution in [2.24, 2.45) is 46.3 Å². The van der Waals surface area contributed by atoms with Crippen molar-refractivity contribution < 1.29 is 19.0 Å². The lowest BCUT2D eigenvalue weighted by Gasteiger charge is -2.58. The first-order chi connectivity index (χ1) is 19.2. The van der Waals surface area contributed by atoms with E-state index in [2.05, 4.69) is 52.9 Å². The number of carbonyl (C=O) groups excluding carboxylic acids is 1. The van der Waals surface area contributed by atoms with Gasteiger partial charge in [-0.2, -0.15) is 0 Å². The van der Waals surface area contributed by atoms with E-state index in [-0.39, 0.29) is 17.6 Å². The van der Waals surface area contributed by atoms with Gasteiger partial charge in [0.25, 0.3) is 0 Å². The fourth-order valence-electron chi connectivity index (χ4n) is 9.64. The lowest BCUT2D eigenvalue weighted by molar-refractivity contribution is -0.0581. The van der Waals surface area contributed by atoms with Crippen molar-refractivity contribution >= 4 is 6.09 Å². The van der Waals surface area contributed by atoms with E-state index in [1.165, 1.54) is 51.4 Å². The van der Waals surface area contributed by atoms with Gasteiger partial charge >= 0.3 is 6.09 Å². The van der Waals surface area contributed by atoms with Crippen LogP contribution in [0.25, 0.3) is 0 Å². The summed E-state index contributed by atoms with van der Waals surface area (Å²) in [7, 11) is 0. The van der Waals surface area contributed by atoms with Gasteiger partial charge < -0.3 is 19.5 Å². The van der Waals surface area contributed by atoms with E-state index in [0.717, 1.165) is 67.8 Å². The van der Waals surface area contributed by atoms with Crippen LogP contribution in [0.3, 0.4) is 0 Å². The molecule has 4 aliphatic carbocycles. The van der Waals surface area contributed by atoms with Crippen molar-refractivity contribution in [2.45, 2.75) is 125 Å². The van der Waals surface area contributed by atoms with Crippen molar-refractivity contribution in [1.82, 2.24) is 5.32 Å². The first-order valence-electron chi connectivity index (χ1n) is 17.0. The first kappa shape index (κ1) is 31.9. The van der Waals surface area contributed by atoms with Gasteiger partial charge in [-0.15, -0.1) is 0 Å². The van der Waals surface area contributed by atoms with E-state index in [9.17, 15) is 4.79 Å². The van der Waals surface area contributed by atoms with Crippen LogP contribution in [0.1, 0.15) is 119 Å². The number of amides is 1. The lowest BCUT2D eigenvalue weighted by Crippen LogP contribution is -2.51. The molecule has 1 N–H and O–H groups in total. The molecule has 0 radical (unpaired) electrons. The third kappa shape index (κ3) is 7.28. The Kier molecular flexibility index (Phi) is 11.5. The van der Waals surface area contributed by atoms with Gasteiger partial charge in [-0.1, -0.05) is 72.5 Å². The molecule has 3 saturated carbocycles. The highest BCUT2D eigenvalue weighted by Crippen LogP contribution is 2.67. The molecule has 0 aromatic heterocycles. The first-order valence-corrected chi connectivity index (χ1v) is 17.0. The van der Waals surface area contributed by atoms with Gasteiger partial charge in [-0.3, -0.25) is 0 Å². The Hall–Kier alpha value is -1.07. The van der Waals surface area contributed by atoms with Gasteiger partial charge in [0.05, 0.1) is 19.8 Å². The smallest absolute Gasteiger partial charge is 0.407 e. The Bertz CT molecular complexity index is 841. The van der Waals surface area contributed by atoms with Crippen LogP contribution >= 0.6 is 0 Å². The number of rotatable bonds is 14. The fraction of sp³-hybridized carbons (Fsp3) is 0.914. The van der Waals surface area contributed by atoms with Gasteiger partial charge in [0, 0.05) is 19.6 Å². The van der Waals surface area contributed by atoms with Crippen LogP contribution < -0.4 is 5.32 Å². The van der Waals surface area contributed by atoms with Crippen molar-refractivity contribution in [2.75, 3.05) is 33.0 Å². The predicted octanol–water partition coefficient (Wildman–Crippen LogP) is 8.57. The molecular weight excluding hydrogens is 498 g/mol. The molecule has 0 heterocycles. The maximum atomic E-state index is 12.5. The third-order valence-corrected chi connectivity index (χ3v) is 11.8. The molecule has 5 nitrogen and oxygen atoms in total. The Morgan fingerprint density at radius 2 is 1.75 bits per heavy atom. The number of carbonyl (C=O) groups is 1. The Labute approximate surface area is 245 Å². The van der Waals surface area contributed by atoms with Crippen molar-refractivity contribution in [1.29, 1.82) is 0 Å². The molecule has 3 fully saturated rings. The summed E-state index contributed by atoms with van der Waals surface area (Å²) in [5, 5.41) is 2.87. The molecule has 8 unspecified atom stereocenters. The minimum Gasteiger partial charge on any atom is -0.446 e. The molecule has 230 valence electrons. The number of ether oxygens (including phenoxy) is 3. The largest absolute Gasteiger partial charge is 0.446 e. The zero-order valence-corrected chi connectivity index (χ0v) is 26.8. The average Bonchev–Trinajstić information content (AvgIpc) is 3.27. The van der Waals surface area contributed by atoms with Crippen LogP contribution in [-0.2, 0) is 14.2 Å². The van der Waals surface area contributed by atoms with Crippen LogP contribution in [0.2, 0.25) is 0 Å². The maximum Gasteiger partial charge on any atom is 0.407 e. The zero-order valence-electron chi connectivity index (χ0n) is 26.8. The van der Waals surface area contributed by atoms with E-state index >= 15 is 0 Å². The highest BCUT2D eigenvalue weighted by atomic mass is 16.6. The van der Waals surface area contributed by atoms with Gasteiger partial charge in [-0.05, 0) is 97.7 Å². The summed E-state index contributed by atoms with van der Waals surface area (Å²) in [6, 6.07) is 0. The standard InChI is InChI=1S/C35H61NO4/c1-7-20-38-22-23-39-21-19-36-33(37)40-28-15-17-34(5)27(24-28)11-12-29-31-14-13-30(26(4)10-8-9-25(2)3)35(31,6)18-16-32(29)34/h11,25-26,28-32H,7-10,12-24H2,1-6H3,(H,36,37). The summed E-state index contributed by atoms with van der Waals surface area (Å²) < 4.78 is 16.8. The Morgan fingerprint density at radius 1 is 0.975 bits per heavy atom. The molecule has 40 heavy (non-hydrogen) atoms. The monoisotopic (exact) mass is 559 g/mol. The van der Waals surface area contributed by atoms with E-state index in [1.54, 1.807) is 5.57 Å². The molecule has 8 atom stereocenters. The molecule has 4 rings (SSSR count). The van der Waals surface area contributed by atoms with Gasteiger partial charge in [-0.25, -0.2) is 4.79 Å². The SMILES string of the molecule is CCCOCCOCCNC(=O)OC1CCC2(C)C(=CCC3C2CCC2(C)C(C(C)CCCC(C)C)CCC32)C1. The number of alkyl carbamates (subject to hydrolysis) is 1. The number of hydrogen-bond acceptors (Lipinski definition) is 4. The maximum absolute atomic E-state index is 12.5. The normalized spacial score (nSPS) is 35.9. The molecule has 1 amide bonds. The summed E-state index contributed by atoms with van der Waals surface area (Å²) in [4.78, 5) is 12.5. The summed E-state index contributed by atoms with van der Waals surface area (Å²) in [6.07, 6.45) is 17.5. The summed E-state index contributed by atoms with van der Waals surface area (Å²) in [5.74, 6) is 5.13. The molecule has 0 aromatic carbocycles. The number of hydrogen-bond donors (Lipinski definition) is 1. The second kappa shape index (κ2) is 14.4. The van der Waals surface area contributed by atoms with E-state index in [4.69, 9.17) is 14.2 Å². The number of allylic oxidation sites excluding steroid dienone is 1. The predicted molar refractivity (Wildman–Crippen MR) is 163 cm³/mol. The molecule has 5 heteroatoms. The van der Waals surface area contributed by atoms with Crippen molar-refractivity contribution in [3.63, 3.8) is 0 Å². The third-order valence-electron chi connectivity index (χ3n) is 11.8. The second-order valence-electron chi connectivity index (χ2n) is 14.7. The van der Waals surface area contributed by atoms with Gasteiger partial charge in [0.15, 0.2) is 0 Å². The Morgan fingerprint density at radius 3 is 2.50 bits per heavy atom. The molecule has 0 saturated heterocycles. The van der Waals surface area contributed by atoms with Crippen LogP contribution in [-0.4, -0.2) is 45.2 Å². The van der Waals surface area contributed by atoms with Gasteiger partial charge in [0.2, 0.25) is 0 Å². The summed E-state index contributed by atoms with van der Waals surface area (Å²) >= 11 is 0. The van der Waals surface area contributed by atoms with Crippen LogP contribution in [0.4, 0.5) is 4.79 Å². The van der Waals surface area contributed by atoms with Crippen molar-refractivity contribution in [3.8, 4) is 0 Å². The minimum absolute atomic E-state index is 0.00403. The molecule has 4 aliphatic rings. The molecule has 0 aromatic rings. The quantitative estimate of drug-likeness (QED) is 0.171. The van der Waals surface area contributed by atoms with Crippen LogP contribution in [0.15, 0.2) is 11.6 Å². The molecule has 0 bridgehead atoms. The number of nitrogens with one attached hydrogen (secondary N) is 1. The highest BCUT2D eigenvalue weighted by molar-refractivity contribution is 5.67. The second-order valence-corrected chi connectivity index (χ2v) is 14.7. The molecule has 0 aliphatic heterocycles. The van der Waals surface area contributed by atoms with Crippen LogP contribution in [0, 0.1) is 46.3 Å². The van der Waals surface area contributed by atoms with Crippen molar-refractivity contribution in [3.05, 3.63) is 11.6 Å². The Balaban J connectivity index is 1.26. The summed E-state index contributed by atoms with van der Waals surface area (Å²) in [5.41, 5.74) is 2.40. The van der Waals surface area contributed by atoms with E-state index in [1.807, 2.05) is 0 Å².